The predicted octanol–water partition coefficient (Wildman–Crippen LogP) is 11.5. The first-order chi connectivity index (χ1) is 23.6. The summed E-state index contributed by atoms with van der Waals surface area (Å²) < 4.78 is 2.40. The molecule has 10 rings (SSSR count). The molecular formula is C45H31N3. The van der Waals surface area contributed by atoms with E-state index in [4.69, 9.17) is 9.97 Å². The van der Waals surface area contributed by atoms with Gasteiger partial charge in [-0.2, -0.15) is 0 Å². The smallest absolute Gasteiger partial charge is 0.162 e. The summed E-state index contributed by atoms with van der Waals surface area (Å²) in [6, 6.07) is 54.4. The number of hydrogen-bond donors (Lipinski definition) is 0. The van der Waals surface area contributed by atoms with Gasteiger partial charge in [0.25, 0.3) is 0 Å². The maximum absolute atomic E-state index is 5.37. The number of nitrogens with zero attached hydrogens (tertiary/aromatic N) is 3. The molecule has 226 valence electrons. The van der Waals surface area contributed by atoms with Crippen LogP contribution in [0.1, 0.15) is 25.0 Å². The Morgan fingerprint density at radius 3 is 2.04 bits per heavy atom. The number of rotatable bonds is 3. The van der Waals surface area contributed by atoms with Crippen molar-refractivity contribution in [3.05, 3.63) is 163 Å². The second-order valence-electron chi connectivity index (χ2n) is 13.4. The van der Waals surface area contributed by atoms with Crippen LogP contribution in [0, 0.1) is 0 Å². The van der Waals surface area contributed by atoms with Crippen molar-refractivity contribution in [1.29, 1.82) is 0 Å². The second kappa shape index (κ2) is 9.97. The average Bonchev–Trinajstić information content (AvgIpc) is 3.48. The second-order valence-corrected chi connectivity index (χ2v) is 13.4. The Hall–Kier alpha value is -6.06. The lowest BCUT2D eigenvalue weighted by atomic mass is 9.68. The molecule has 0 saturated carbocycles. The van der Waals surface area contributed by atoms with Gasteiger partial charge in [-0.15, -0.1) is 0 Å². The fourth-order valence-corrected chi connectivity index (χ4v) is 8.15. The number of fused-ring (bicyclic) bond motifs is 8. The molecule has 0 aliphatic heterocycles. The van der Waals surface area contributed by atoms with Gasteiger partial charge in [-0.25, -0.2) is 9.97 Å². The molecular weight excluding hydrogens is 583 g/mol. The van der Waals surface area contributed by atoms with E-state index in [2.05, 4.69) is 158 Å². The molecule has 9 aromatic rings. The fraction of sp³-hybridized carbons (Fsp3) is 0.0667. The summed E-state index contributed by atoms with van der Waals surface area (Å²) in [5, 5.41) is 7.49. The van der Waals surface area contributed by atoms with E-state index in [0.717, 1.165) is 33.7 Å². The van der Waals surface area contributed by atoms with Crippen molar-refractivity contribution >= 4 is 43.4 Å². The molecule has 3 nitrogen and oxygen atoms in total. The largest absolute Gasteiger partial charge is 0.293 e. The molecule has 7 aromatic carbocycles. The molecule has 1 aliphatic rings. The van der Waals surface area contributed by atoms with Crippen molar-refractivity contribution in [3.8, 4) is 39.6 Å². The van der Waals surface area contributed by atoms with E-state index in [1.54, 1.807) is 0 Å². The summed E-state index contributed by atoms with van der Waals surface area (Å²) in [4.78, 5) is 10.5. The Morgan fingerprint density at radius 1 is 0.521 bits per heavy atom. The van der Waals surface area contributed by atoms with Crippen LogP contribution >= 0.6 is 0 Å². The third-order valence-electron chi connectivity index (χ3n) is 10.4. The summed E-state index contributed by atoms with van der Waals surface area (Å²) in [6.07, 6.45) is 0. The summed E-state index contributed by atoms with van der Waals surface area (Å²) in [5.41, 5.74) is 10.5. The van der Waals surface area contributed by atoms with Gasteiger partial charge in [0.2, 0.25) is 0 Å². The van der Waals surface area contributed by atoms with E-state index >= 15 is 0 Å². The van der Waals surface area contributed by atoms with Gasteiger partial charge in [-0.05, 0) is 38.9 Å². The number of hydrogen-bond acceptors (Lipinski definition) is 2. The topological polar surface area (TPSA) is 30.7 Å². The minimum atomic E-state index is -0.121. The normalized spacial score (nSPS) is 13.4. The first kappa shape index (κ1) is 27.1. The molecule has 0 fully saturated rings. The van der Waals surface area contributed by atoms with E-state index in [9.17, 15) is 0 Å². The molecule has 0 saturated heterocycles. The molecule has 1 aliphatic carbocycles. The van der Waals surface area contributed by atoms with Crippen LogP contribution in [-0.4, -0.2) is 14.5 Å². The van der Waals surface area contributed by atoms with Gasteiger partial charge in [0.05, 0.1) is 16.7 Å². The molecule has 2 aromatic heterocycles. The van der Waals surface area contributed by atoms with E-state index in [0.29, 0.717) is 5.82 Å². The van der Waals surface area contributed by atoms with Crippen molar-refractivity contribution in [2.75, 3.05) is 0 Å². The van der Waals surface area contributed by atoms with Gasteiger partial charge in [0.15, 0.2) is 5.82 Å². The lowest BCUT2D eigenvalue weighted by molar-refractivity contribution is 0.645. The van der Waals surface area contributed by atoms with Gasteiger partial charge in [0.1, 0.15) is 5.82 Å². The highest BCUT2D eigenvalue weighted by molar-refractivity contribution is 6.28. The zero-order chi connectivity index (χ0) is 32.0. The molecule has 0 unspecified atom stereocenters. The Morgan fingerprint density at radius 2 is 1.21 bits per heavy atom. The highest BCUT2D eigenvalue weighted by Gasteiger charge is 2.35. The average molecular weight is 614 g/mol. The number of aromatic nitrogens is 3. The molecule has 0 bridgehead atoms. The van der Waals surface area contributed by atoms with E-state index in [1.165, 1.54) is 54.6 Å². The monoisotopic (exact) mass is 613 g/mol. The van der Waals surface area contributed by atoms with Crippen LogP contribution in [0.5, 0.6) is 0 Å². The van der Waals surface area contributed by atoms with Gasteiger partial charge in [0, 0.05) is 44.3 Å². The highest BCUT2D eigenvalue weighted by atomic mass is 15.1. The first-order valence-corrected chi connectivity index (χ1v) is 16.6. The van der Waals surface area contributed by atoms with Crippen molar-refractivity contribution in [3.63, 3.8) is 0 Å². The lowest BCUT2D eigenvalue weighted by Crippen LogP contribution is -2.23. The standard InChI is InChI=1S/C45H31N3/c1-45(2)35-22-12-11-21-33(35)42-40-31(19-13-23-36(40)45)26-38-41(42)34-25-24-28-14-9-10-20-32(28)43(34)48(38)39-27-37(29-15-5-3-6-16-29)46-44(47-39)30-17-7-4-8-18-30/h3-27H,1-2H3. The maximum Gasteiger partial charge on any atom is 0.162 e. The van der Waals surface area contributed by atoms with Gasteiger partial charge in [-0.1, -0.05) is 153 Å². The maximum atomic E-state index is 5.37. The van der Waals surface area contributed by atoms with Crippen LogP contribution < -0.4 is 0 Å². The molecule has 48 heavy (non-hydrogen) atoms. The zero-order valence-corrected chi connectivity index (χ0v) is 26.8. The van der Waals surface area contributed by atoms with E-state index < -0.39 is 0 Å². The molecule has 0 N–H and O–H groups in total. The Labute approximate surface area is 278 Å². The van der Waals surface area contributed by atoms with Crippen LogP contribution in [-0.2, 0) is 5.41 Å². The minimum Gasteiger partial charge on any atom is -0.293 e. The lowest BCUT2D eigenvalue weighted by Gasteiger charge is -2.35. The van der Waals surface area contributed by atoms with E-state index in [-0.39, 0.29) is 5.41 Å². The molecule has 0 atom stereocenters. The van der Waals surface area contributed by atoms with Crippen LogP contribution in [0.4, 0.5) is 0 Å². The van der Waals surface area contributed by atoms with Gasteiger partial charge in [-0.3, -0.25) is 4.57 Å². The van der Waals surface area contributed by atoms with Crippen molar-refractivity contribution in [1.82, 2.24) is 14.5 Å². The summed E-state index contributed by atoms with van der Waals surface area (Å²) in [5.74, 6) is 1.56. The Bertz CT molecular complexity index is 2680. The Balaban J connectivity index is 1.43. The highest BCUT2D eigenvalue weighted by Crippen LogP contribution is 2.53. The van der Waals surface area contributed by atoms with E-state index in [1.807, 2.05) is 12.1 Å². The Kier molecular flexibility index (Phi) is 5.63. The number of benzene rings is 7. The van der Waals surface area contributed by atoms with Crippen LogP contribution in [0.15, 0.2) is 152 Å². The quantitative estimate of drug-likeness (QED) is 0.198. The molecule has 0 spiro atoms. The summed E-state index contributed by atoms with van der Waals surface area (Å²) >= 11 is 0. The summed E-state index contributed by atoms with van der Waals surface area (Å²) in [7, 11) is 0. The van der Waals surface area contributed by atoms with Crippen LogP contribution in [0.2, 0.25) is 0 Å². The molecule has 3 heteroatoms. The molecule has 2 heterocycles. The molecule has 0 amide bonds. The summed E-state index contributed by atoms with van der Waals surface area (Å²) in [6.45, 7) is 4.73. The van der Waals surface area contributed by atoms with Crippen molar-refractivity contribution in [2.45, 2.75) is 19.3 Å². The third kappa shape index (κ3) is 3.76. The minimum absolute atomic E-state index is 0.121. The zero-order valence-electron chi connectivity index (χ0n) is 26.8. The van der Waals surface area contributed by atoms with Gasteiger partial charge < -0.3 is 0 Å². The van der Waals surface area contributed by atoms with Gasteiger partial charge >= 0.3 is 0 Å². The van der Waals surface area contributed by atoms with Crippen molar-refractivity contribution in [2.24, 2.45) is 0 Å². The SMILES string of the molecule is CC1(C)c2ccccc2-c2c3c1cccc3cc1c2c2ccc3ccccc3c2n1-c1cc(-c2ccccc2)nc(-c2ccccc2)n1. The van der Waals surface area contributed by atoms with Crippen LogP contribution in [0.3, 0.4) is 0 Å². The molecule has 0 radical (unpaired) electrons. The first-order valence-electron chi connectivity index (χ1n) is 16.6. The van der Waals surface area contributed by atoms with Crippen molar-refractivity contribution < 1.29 is 0 Å². The fourth-order valence-electron chi connectivity index (χ4n) is 8.15. The van der Waals surface area contributed by atoms with Crippen LogP contribution in [0.25, 0.3) is 82.9 Å². The third-order valence-corrected chi connectivity index (χ3v) is 10.4. The predicted molar refractivity (Wildman–Crippen MR) is 200 cm³/mol.